The minimum Gasteiger partial charge on any atom is -0.502 e. The smallest absolute Gasteiger partial charge is 0.336 e. The maximum Gasteiger partial charge on any atom is 0.336 e. The summed E-state index contributed by atoms with van der Waals surface area (Å²) >= 11 is 0. The van der Waals surface area contributed by atoms with Gasteiger partial charge in [-0.05, 0) is 49.2 Å². The topological polar surface area (TPSA) is 94.5 Å². The standard InChI is InChI=1S/C26H28FNO7/c1-5-34-25(30)19-14-28(13-16-7-9-18(27)10-8-16)15-20(26(31)35-6-2)23(19)17-11-21(32-3)24(29)22(12-17)33-4/h7-12,14-15,23,29H,5-6,13H2,1-4H3. The Morgan fingerprint density at radius 2 is 1.40 bits per heavy atom. The van der Waals surface area contributed by atoms with E-state index in [1.165, 1.54) is 38.5 Å². The molecule has 0 bridgehead atoms. The van der Waals surface area contributed by atoms with E-state index in [2.05, 4.69) is 0 Å². The number of phenols is 1. The van der Waals surface area contributed by atoms with Crippen molar-refractivity contribution in [2.45, 2.75) is 26.3 Å². The largest absolute Gasteiger partial charge is 0.502 e. The van der Waals surface area contributed by atoms with Crippen molar-refractivity contribution in [2.75, 3.05) is 27.4 Å². The van der Waals surface area contributed by atoms with Gasteiger partial charge in [-0.15, -0.1) is 0 Å². The van der Waals surface area contributed by atoms with E-state index in [4.69, 9.17) is 18.9 Å². The summed E-state index contributed by atoms with van der Waals surface area (Å²) in [5.41, 5.74) is 1.57. The van der Waals surface area contributed by atoms with E-state index in [9.17, 15) is 19.1 Å². The number of hydrogen-bond acceptors (Lipinski definition) is 8. The Morgan fingerprint density at radius 3 is 1.83 bits per heavy atom. The molecule has 0 saturated heterocycles. The summed E-state index contributed by atoms with van der Waals surface area (Å²) in [6.45, 7) is 3.88. The van der Waals surface area contributed by atoms with Gasteiger partial charge in [0.05, 0.1) is 44.5 Å². The van der Waals surface area contributed by atoms with Gasteiger partial charge in [-0.3, -0.25) is 0 Å². The molecule has 0 spiro atoms. The molecule has 1 heterocycles. The quantitative estimate of drug-likeness (QED) is 0.532. The maximum atomic E-state index is 13.4. The third kappa shape index (κ3) is 5.74. The highest BCUT2D eigenvalue weighted by atomic mass is 19.1. The molecule has 1 aliphatic heterocycles. The maximum absolute atomic E-state index is 13.4. The Morgan fingerprint density at radius 1 is 0.914 bits per heavy atom. The number of esters is 2. The lowest BCUT2D eigenvalue weighted by Gasteiger charge is -2.31. The molecule has 8 nitrogen and oxygen atoms in total. The third-order valence-electron chi connectivity index (χ3n) is 5.37. The van der Waals surface area contributed by atoms with Gasteiger partial charge >= 0.3 is 11.9 Å². The fourth-order valence-corrected chi connectivity index (χ4v) is 3.81. The molecule has 0 unspecified atom stereocenters. The van der Waals surface area contributed by atoms with Crippen LogP contribution in [0.3, 0.4) is 0 Å². The Balaban J connectivity index is 2.16. The number of hydrogen-bond donors (Lipinski definition) is 1. The highest BCUT2D eigenvalue weighted by molar-refractivity contribution is 5.98. The molecule has 0 aliphatic carbocycles. The van der Waals surface area contributed by atoms with Crippen LogP contribution >= 0.6 is 0 Å². The molecule has 0 aromatic heterocycles. The molecular formula is C26H28FNO7. The molecule has 35 heavy (non-hydrogen) atoms. The molecule has 0 atom stereocenters. The van der Waals surface area contributed by atoms with Crippen LogP contribution in [-0.2, 0) is 25.6 Å². The first-order valence-electron chi connectivity index (χ1n) is 11.1. The highest BCUT2D eigenvalue weighted by Gasteiger charge is 2.36. The molecule has 1 aliphatic rings. The molecule has 2 aromatic rings. The van der Waals surface area contributed by atoms with Crippen LogP contribution in [0.15, 0.2) is 59.9 Å². The number of nitrogens with zero attached hydrogens (tertiary/aromatic N) is 1. The van der Waals surface area contributed by atoms with Gasteiger partial charge in [0.1, 0.15) is 5.82 Å². The second-order valence-electron chi connectivity index (χ2n) is 7.62. The zero-order valence-corrected chi connectivity index (χ0v) is 20.0. The molecular weight excluding hydrogens is 457 g/mol. The van der Waals surface area contributed by atoms with Crippen LogP contribution in [0, 0.1) is 5.82 Å². The summed E-state index contributed by atoms with van der Waals surface area (Å²) in [5.74, 6) is -2.49. The average Bonchev–Trinajstić information content (AvgIpc) is 2.85. The van der Waals surface area contributed by atoms with Gasteiger partial charge in [0.25, 0.3) is 0 Å². The van der Waals surface area contributed by atoms with Crippen LogP contribution in [0.5, 0.6) is 17.2 Å². The summed E-state index contributed by atoms with van der Waals surface area (Å²) in [6.07, 6.45) is 3.17. The van der Waals surface area contributed by atoms with Gasteiger partial charge in [0.15, 0.2) is 11.5 Å². The van der Waals surface area contributed by atoms with Crippen molar-refractivity contribution in [3.63, 3.8) is 0 Å². The van der Waals surface area contributed by atoms with Crippen LogP contribution < -0.4 is 9.47 Å². The molecule has 0 saturated carbocycles. The van der Waals surface area contributed by atoms with E-state index in [1.54, 1.807) is 43.3 Å². The molecule has 1 N–H and O–H groups in total. The number of benzene rings is 2. The second-order valence-corrected chi connectivity index (χ2v) is 7.62. The first-order chi connectivity index (χ1) is 16.8. The first kappa shape index (κ1) is 25.6. The van der Waals surface area contributed by atoms with Crippen molar-refractivity contribution in [1.29, 1.82) is 0 Å². The van der Waals surface area contributed by atoms with Crippen molar-refractivity contribution >= 4 is 11.9 Å². The number of halogens is 1. The molecule has 3 rings (SSSR count). The fourth-order valence-electron chi connectivity index (χ4n) is 3.81. The van der Waals surface area contributed by atoms with E-state index in [1.807, 2.05) is 0 Å². The fraction of sp³-hybridized carbons (Fsp3) is 0.308. The van der Waals surface area contributed by atoms with E-state index in [-0.39, 0.29) is 54.0 Å². The van der Waals surface area contributed by atoms with Crippen LogP contribution in [0.1, 0.15) is 30.9 Å². The van der Waals surface area contributed by atoms with Gasteiger partial charge in [0.2, 0.25) is 5.75 Å². The number of carbonyl (C=O) groups is 2. The van der Waals surface area contributed by atoms with Crippen molar-refractivity contribution in [1.82, 2.24) is 4.90 Å². The minimum absolute atomic E-state index is 0.111. The van der Waals surface area contributed by atoms with Crippen molar-refractivity contribution in [3.05, 3.63) is 76.9 Å². The number of aromatic hydroxyl groups is 1. The second kappa shape index (κ2) is 11.4. The van der Waals surface area contributed by atoms with Gasteiger partial charge < -0.3 is 29.0 Å². The lowest BCUT2D eigenvalue weighted by Crippen LogP contribution is -2.29. The Labute approximate surface area is 203 Å². The monoisotopic (exact) mass is 485 g/mol. The van der Waals surface area contributed by atoms with Crippen molar-refractivity contribution in [3.8, 4) is 17.2 Å². The Hall–Kier alpha value is -4.01. The Kier molecular flexibility index (Phi) is 8.35. The highest BCUT2D eigenvalue weighted by Crippen LogP contribution is 2.44. The normalized spacial score (nSPS) is 13.6. The van der Waals surface area contributed by atoms with Crippen LogP contribution in [0.4, 0.5) is 4.39 Å². The van der Waals surface area contributed by atoms with E-state index < -0.39 is 17.9 Å². The molecule has 186 valence electrons. The number of carbonyl (C=O) groups excluding carboxylic acids is 2. The van der Waals surface area contributed by atoms with Gasteiger partial charge in [-0.2, -0.15) is 0 Å². The van der Waals surface area contributed by atoms with Gasteiger partial charge in [-0.1, -0.05) is 12.1 Å². The number of ether oxygens (including phenoxy) is 4. The summed E-state index contributed by atoms with van der Waals surface area (Å²) < 4.78 is 34.5. The number of phenolic OH excluding ortho intramolecular Hbond substituents is 1. The summed E-state index contributed by atoms with van der Waals surface area (Å²) in [4.78, 5) is 27.8. The SMILES string of the molecule is CCOC(=O)C1=CN(Cc2ccc(F)cc2)C=C(C(=O)OCC)C1c1cc(OC)c(O)c(OC)c1. The lowest BCUT2D eigenvalue weighted by molar-refractivity contribution is -0.139. The number of methoxy groups -OCH3 is 2. The summed E-state index contributed by atoms with van der Waals surface area (Å²) in [7, 11) is 2.77. The van der Waals surface area contributed by atoms with Crippen LogP contribution in [-0.4, -0.2) is 49.4 Å². The third-order valence-corrected chi connectivity index (χ3v) is 5.37. The van der Waals surface area contributed by atoms with E-state index in [0.717, 1.165) is 5.56 Å². The Bertz CT molecular complexity index is 1080. The zero-order chi connectivity index (χ0) is 25.5. The average molecular weight is 486 g/mol. The molecule has 0 amide bonds. The van der Waals surface area contributed by atoms with Gasteiger partial charge in [-0.25, -0.2) is 14.0 Å². The molecule has 0 fully saturated rings. The van der Waals surface area contributed by atoms with Crippen LogP contribution in [0.25, 0.3) is 0 Å². The van der Waals surface area contributed by atoms with Crippen molar-refractivity contribution in [2.24, 2.45) is 0 Å². The lowest BCUT2D eigenvalue weighted by atomic mass is 9.83. The van der Waals surface area contributed by atoms with Crippen molar-refractivity contribution < 1.29 is 38.0 Å². The number of rotatable bonds is 9. The van der Waals surface area contributed by atoms with Gasteiger partial charge in [0, 0.05) is 18.9 Å². The van der Waals surface area contributed by atoms with E-state index in [0.29, 0.717) is 5.56 Å². The zero-order valence-electron chi connectivity index (χ0n) is 20.0. The summed E-state index contributed by atoms with van der Waals surface area (Å²) in [5, 5.41) is 10.4. The molecule has 9 heteroatoms. The predicted molar refractivity (Wildman–Crippen MR) is 125 cm³/mol. The first-order valence-corrected chi connectivity index (χ1v) is 11.1. The van der Waals surface area contributed by atoms with Crippen LogP contribution in [0.2, 0.25) is 0 Å². The molecule has 2 aromatic carbocycles. The molecule has 0 radical (unpaired) electrons. The summed E-state index contributed by atoms with van der Waals surface area (Å²) in [6, 6.07) is 8.96. The minimum atomic E-state index is -0.888. The predicted octanol–water partition coefficient (Wildman–Crippen LogP) is 4.04. The van der Waals surface area contributed by atoms with E-state index >= 15 is 0 Å².